The number of hydrogen-bond donors (Lipinski definition) is 2. The number of sulfonamides is 1. The van der Waals surface area contributed by atoms with E-state index in [-0.39, 0.29) is 37.0 Å². The van der Waals surface area contributed by atoms with Gasteiger partial charge >= 0.3 is 0 Å². The topological polar surface area (TPSA) is 95.6 Å². The summed E-state index contributed by atoms with van der Waals surface area (Å²) in [4.78, 5) is 25.8. The van der Waals surface area contributed by atoms with Gasteiger partial charge in [0.15, 0.2) is 0 Å². The van der Waals surface area contributed by atoms with Crippen LogP contribution in [0.5, 0.6) is 0 Å². The van der Waals surface area contributed by atoms with Crippen LogP contribution in [0.1, 0.15) is 17.5 Å². The predicted molar refractivity (Wildman–Crippen MR) is 139 cm³/mol. The van der Waals surface area contributed by atoms with Crippen molar-refractivity contribution in [2.24, 2.45) is 0 Å². The Balaban J connectivity index is 1.79. The van der Waals surface area contributed by atoms with Gasteiger partial charge in [-0.25, -0.2) is 12.8 Å². The zero-order valence-corrected chi connectivity index (χ0v) is 22.0. The van der Waals surface area contributed by atoms with Crippen LogP contribution in [0.3, 0.4) is 0 Å². The van der Waals surface area contributed by atoms with E-state index in [0.717, 1.165) is 10.4 Å². The Labute approximate surface area is 222 Å². The summed E-state index contributed by atoms with van der Waals surface area (Å²) in [6.07, 6.45) is -0.562. The Bertz CT molecular complexity index is 1510. The van der Waals surface area contributed by atoms with Gasteiger partial charge in [0.25, 0.3) is 10.0 Å². The number of amides is 2. The molecular weight excluding hydrogens is 552 g/mol. The smallest absolute Gasteiger partial charge is 0.266 e. The molecular formula is C24H19Cl3FN3O4S. The fourth-order valence-electron chi connectivity index (χ4n) is 3.81. The summed E-state index contributed by atoms with van der Waals surface area (Å²) < 4.78 is 42.4. The first-order valence-electron chi connectivity index (χ1n) is 10.6. The van der Waals surface area contributed by atoms with Crippen molar-refractivity contribution in [3.8, 4) is 0 Å². The second-order valence-corrected chi connectivity index (χ2v) is 11.2. The van der Waals surface area contributed by atoms with Crippen molar-refractivity contribution in [2.45, 2.75) is 31.2 Å². The molecule has 1 atom stereocenters. The van der Waals surface area contributed by atoms with Crippen molar-refractivity contribution in [2.75, 3.05) is 14.9 Å². The highest BCUT2D eigenvalue weighted by atomic mass is 35.5. The highest BCUT2D eigenvalue weighted by Crippen LogP contribution is 2.41. The van der Waals surface area contributed by atoms with Crippen LogP contribution in [0.2, 0.25) is 15.1 Å². The van der Waals surface area contributed by atoms with E-state index >= 15 is 0 Å². The number of nitrogens with one attached hydrogen (secondary N) is 2. The van der Waals surface area contributed by atoms with Crippen LogP contribution in [-0.4, -0.2) is 26.3 Å². The normalized spacial score (nSPS) is 15.3. The number of aryl methyl sites for hydroxylation is 1. The summed E-state index contributed by atoms with van der Waals surface area (Å²) in [7, 11) is -4.47. The fraction of sp³-hybridized carbons (Fsp3) is 0.167. The molecule has 3 aromatic rings. The minimum absolute atomic E-state index is 0.0994. The van der Waals surface area contributed by atoms with Gasteiger partial charge in [0.1, 0.15) is 16.8 Å². The highest BCUT2D eigenvalue weighted by Gasteiger charge is 2.43. The zero-order chi connectivity index (χ0) is 26.4. The number of carbonyl (C=O) groups excluding carboxylic acids is 2. The Morgan fingerprint density at radius 2 is 1.81 bits per heavy atom. The van der Waals surface area contributed by atoms with Gasteiger partial charge in [-0.3, -0.25) is 13.9 Å². The molecule has 0 saturated carbocycles. The summed E-state index contributed by atoms with van der Waals surface area (Å²) >= 11 is 18.5. The Morgan fingerprint density at radius 1 is 1.08 bits per heavy atom. The number of fused-ring (bicyclic) bond motifs is 1. The third-order valence-corrected chi connectivity index (χ3v) is 8.82. The Hall–Kier alpha value is -2.85. The lowest BCUT2D eigenvalue weighted by atomic mass is 10.1. The van der Waals surface area contributed by atoms with Gasteiger partial charge in [-0.05, 0) is 67.4 Å². The molecule has 0 bridgehead atoms. The third-order valence-electron chi connectivity index (χ3n) is 5.71. The van der Waals surface area contributed by atoms with Gasteiger partial charge in [-0.1, -0.05) is 40.9 Å². The second-order valence-electron chi connectivity index (χ2n) is 8.16. The maximum Gasteiger partial charge on any atom is 0.266 e. The minimum atomic E-state index is -4.47. The van der Waals surface area contributed by atoms with Crippen molar-refractivity contribution in [1.29, 1.82) is 0 Å². The van der Waals surface area contributed by atoms with Gasteiger partial charge in [0, 0.05) is 15.7 Å². The predicted octanol–water partition coefficient (Wildman–Crippen LogP) is 5.95. The molecule has 0 fully saturated rings. The lowest BCUT2D eigenvalue weighted by molar-refractivity contribution is -0.122. The lowest BCUT2D eigenvalue weighted by Crippen LogP contribution is -2.52. The average molecular weight is 571 g/mol. The molecule has 12 heteroatoms. The molecule has 0 spiro atoms. The van der Waals surface area contributed by atoms with Crippen LogP contribution in [0.15, 0.2) is 53.4 Å². The van der Waals surface area contributed by atoms with Gasteiger partial charge < -0.3 is 10.6 Å². The van der Waals surface area contributed by atoms with E-state index in [1.165, 1.54) is 42.5 Å². The standard InChI is InChI=1S/C24H19Cl3FN3O4S/c1-12-3-5-15(28)10-17(12)29-22(32)11-20-24(33)30-18-9-14(25)4-7-19(18)31(20)36(34,35)21-8-6-16(26)13(2)23(21)27/h3-10,20H,11H2,1-2H3,(H,29,32)(H,30,33). The SMILES string of the molecule is Cc1ccc(F)cc1NC(=O)CC1C(=O)Nc2cc(Cl)ccc2N1S(=O)(=O)c1ccc(Cl)c(C)c1Cl. The van der Waals surface area contributed by atoms with Crippen LogP contribution >= 0.6 is 34.8 Å². The molecule has 4 rings (SSSR count). The molecule has 3 aromatic carbocycles. The summed E-state index contributed by atoms with van der Waals surface area (Å²) in [5.41, 5.74) is 1.38. The quantitative estimate of drug-likeness (QED) is 0.396. The number of carbonyl (C=O) groups is 2. The molecule has 2 N–H and O–H groups in total. The Morgan fingerprint density at radius 3 is 2.53 bits per heavy atom. The molecule has 0 radical (unpaired) electrons. The lowest BCUT2D eigenvalue weighted by Gasteiger charge is -2.37. The van der Waals surface area contributed by atoms with Crippen LogP contribution in [-0.2, 0) is 19.6 Å². The number of halogens is 4. The van der Waals surface area contributed by atoms with Crippen molar-refractivity contribution < 1.29 is 22.4 Å². The molecule has 7 nitrogen and oxygen atoms in total. The first kappa shape index (κ1) is 26.2. The monoisotopic (exact) mass is 569 g/mol. The summed E-state index contributed by atoms with van der Waals surface area (Å²) in [6.45, 7) is 3.23. The van der Waals surface area contributed by atoms with E-state index < -0.39 is 40.1 Å². The first-order valence-corrected chi connectivity index (χ1v) is 13.1. The van der Waals surface area contributed by atoms with E-state index in [0.29, 0.717) is 11.1 Å². The van der Waals surface area contributed by atoms with Crippen LogP contribution in [0.25, 0.3) is 0 Å². The van der Waals surface area contributed by atoms with E-state index in [1.807, 2.05) is 0 Å². The number of nitrogens with zero attached hydrogens (tertiary/aromatic N) is 1. The van der Waals surface area contributed by atoms with E-state index in [1.54, 1.807) is 13.8 Å². The zero-order valence-electron chi connectivity index (χ0n) is 18.9. The van der Waals surface area contributed by atoms with Crippen LogP contribution < -0.4 is 14.9 Å². The first-order chi connectivity index (χ1) is 16.9. The van der Waals surface area contributed by atoms with Gasteiger partial charge in [-0.2, -0.15) is 0 Å². The van der Waals surface area contributed by atoms with Crippen molar-refractivity contribution in [3.63, 3.8) is 0 Å². The molecule has 0 aliphatic carbocycles. The van der Waals surface area contributed by atoms with Crippen LogP contribution in [0.4, 0.5) is 21.5 Å². The number of anilines is 3. The maximum atomic E-state index is 13.9. The maximum absolute atomic E-state index is 13.9. The van der Waals surface area contributed by atoms with Crippen LogP contribution in [0, 0.1) is 19.7 Å². The van der Waals surface area contributed by atoms with Crippen molar-refractivity contribution in [3.05, 3.63) is 80.5 Å². The molecule has 1 heterocycles. The Kier molecular flexibility index (Phi) is 7.21. The molecule has 1 aliphatic heterocycles. The fourth-order valence-corrected chi connectivity index (χ4v) is 6.40. The summed E-state index contributed by atoms with van der Waals surface area (Å²) in [6, 6.07) is 9.29. The summed E-state index contributed by atoms with van der Waals surface area (Å²) in [5.74, 6) is -2.00. The van der Waals surface area contributed by atoms with Gasteiger partial charge in [0.05, 0.1) is 22.8 Å². The van der Waals surface area contributed by atoms with Crippen molar-refractivity contribution >= 4 is 73.7 Å². The summed E-state index contributed by atoms with van der Waals surface area (Å²) in [5, 5.41) is 5.58. The van der Waals surface area contributed by atoms with Gasteiger partial charge in [0.2, 0.25) is 11.8 Å². The molecule has 1 aliphatic rings. The average Bonchev–Trinajstić information content (AvgIpc) is 2.80. The third kappa shape index (κ3) is 4.88. The number of rotatable bonds is 5. The molecule has 188 valence electrons. The minimum Gasteiger partial charge on any atom is -0.326 e. The van der Waals surface area contributed by atoms with Crippen molar-refractivity contribution in [1.82, 2.24) is 0 Å². The molecule has 1 unspecified atom stereocenters. The highest BCUT2D eigenvalue weighted by molar-refractivity contribution is 7.93. The van der Waals surface area contributed by atoms with E-state index in [9.17, 15) is 22.4 Å². The molecule has 2 amide bonds. The number of benzene rings is 3. The number of hydrogen-bond acceptors (Lipinski definition) is 4. The molecule has 36 heavy (non-hydrogen) atoms. The van der Waals surface area contributed by atoms with E-state index in [2.05, 4.69) is 10.6 Å². The molecule has 0 saturated heterocycles. The van der Waals surface area contributed by atoms with E-state index in [4.69, 9.17) is 34.8 Å². The van der Waals surface area contributed by atoms with Gasteiger partial charge in [-0.15, -0.1) is 0 Å². The second kappa shape index (κ2) is 9.89. The molecule has 0 aromatic heterocycles. The largest absolute Gasteiger partial charge is 0.326 e.